The highest BCUT2D eigenvalue weighted by molar-refractivity contribution is 5.97. The molecule has 5 nitrogen and oxygen atoms in total. The van der Waals surface area contributed by atoms with E-state index in [1.54, 1.807) is 0 Å². The molecule has 20 heavy (non-hydrogen) atoms. The van der Waals surface area contributed by atoms with Crippen LogP contribution in [0.4, 0.5) is 0 Å². The first-order valence-electron chi connectivity index (χ1n) is 7.56. The minimum absolute atomic E-state index is 0.0155. The zero-order chi connectivity index (χ0) is 14.9. The number of hydrogen-bond donors (Lipinski definition) is 1. The molecular formula is C15H26N2O3. The number of ether oxygens (including phenoxy) is 1. The minimum atomic E-state index is -0.441. The maximum absolute atomic E-state index is 12.8. The fraction of sp³-hybridized carbons (Fsp3) is 0.867. The molecule has 1 N–H and O–H groups in total. The summed E-state index contributed by atoms with van der Waals surface area (Å²) >= 11 is 0. The van der Waals surface area contributed by atoms with E-state index in [9.17, 15) is 9.59 Å². The van der Waals surface area contributed by atoms with Crippen molar-refractivity contribution in [3.8, 4) is 0 Å². The van der Waals surface area contributed by atoms with Crippen LogP contribution < -0.4 is 5.32 Å². The van der Waals surface area contributed by atoms with E-state index in [1.807, 2.05) is 32.6 Å². The molecule has 2 rings (SSSR count). The van der Waals surface area contributed by atoms with Crippen molar-refractivity contribution in [3.63, 3.8) is 0 Å². The van der Waals surface area contributed by atoms with Gasteiger partial charge < -0.3 is 15.0 Å². The van der Waals surface area contributed by atoms with Gasteiger partial charge in [0.25, 0.3) is 0 Å². The lowest BCUT2D eigenvalue weighted by Crippen LogP contribution is -2.68. The fourth-order valence-electron chi connectivity index (χ4n) is 3.04. The Morgan fingerprint density at radius 2 is 2.05 bits per heavy atom. The van der Waals surface area contributed by atoms with E-state index in [2.05, 4.69) is 5.32 Å². The molecule has 3 unspecified atom stereocenters. The summed E-state index contributed by atoms with van der Waals surface area (Å²) < 4.78 is 5.42. The Kier molecular flexibility index (Phi) is 4.37. The van der Waals surface area contributed by atoms with Gasteiger partial charge in [-0.05, 0) is 18.3 Å². The van der Waals surface area contributed by atoms with E-state index >= 15 is 0 Å². The Morgan fingerprint density at radius 1 is 1.35 bits per heavy atom. The van der Waals surface area contributed by atoms with Crippen molar-refractivity contribution >= 4 is 11.8 Å². The van der Waals surface area contributed by atoms with Gasteiger partial charge in [0.15, 0.2) is 0 Å². The highest BCUT2D eigenvalue weighted by Gasteiger charge is 2.47. The molecule has 2 amide bonds. The molecule has 0 radical (unpaired) electrons. The minimum Gasteiger partial charge on any atom is -0.379 e. The number of carbonyl (C=O) groups is 2. The summed E-state index contributed by atoms with van der Waals surface area (Å²) in [4.78, 5) is 27.1. The Morgan fingerprint density at radius 3 is 2.55 bits per heavy atom. The van der Waals surface area contributed by atoms with Crippen molar-refractivity contribution in [3.05, 3.63) is 0 Å². The number of nitrogens with one attached hydrogen (secondary N) is 1. The van der Waals surface area contributed by atoms with E-state index in [0.29, 0.717) is 19.6 Å². The third kappa shape index (κ3) is 2.82. The van der Waals surface area contributed by atoms with Gasteiger partial charge in [-0.2, -0.15) is 0 Å². The predicted octanol–water partition coefficient (Wildman–Crippen LogP) is 1.32. The van der Waals surface area contributed by atoms with E-state index in [-0.39, 0.29) is 29.3 Å². The van der Waals surface area contributed by atoms with Crippen molar-refractivity contribution in [1.82, 2.24) is 10.2 Å². The third-order valence-electron chi connectivity index (χ3n) is 4.15. The molecule has 114 valence electrons. The topological polar surface area (TPSA) is 58.6 Å². The highest BCUT2D eigenvalue weighted by Crippen LogP contribution is 2.29. The van der Waals surface area contributed by atoms with Crippen molar-refractivity contribution in [2.45, 2.75) is 65.1 Å². The summed E-state index contributed by atoms with van der Waals surface area (Å²) in [5.74, 6) is 0.0318. The Hall–Kier alpha value is -1.10. The standard InChI is InChI=1S/C15H26N2O3/c1-5-6-11-13(18)16-12(15(2,3)4)14(19)17(11)10-7-8-20-9-10/h10-12H,5-9H2,1-4H3,(H,16,18). The van der Waals surface area contributed by atoms with Gasteiger partial charge in [-0.3, -0.25) is 9.59 Å². The fourth-order valence-corrected chi connectivity index (χ4v) is 3.04. The van der Waals surface area contributed by atoms with Crippen LogP contribution in [0.15, 0.2) is 0 Å². The van der Waals surface area contributed by atoms with Crippen molar-refractivity contribution in [1.29, 1.82) is 0 Å². The van der Waals surface area contributed by atoms with Crippen LogP contribution >= 0.6 is 0 Å². The maximum Gasteiger partial charge on any atom is 0.246 e. The summed E-state index contributed by atoms with van der Waals surface area (Å²) in [5.41, 5.74) is -0.276. The number of amides is 2. The molecule has 2 heterocycles. The third-order valence-corrected chi connectivity index (χ3v) is 4.15. The zero-order valence-electron chi connectivity index (χ0n) is 12.9. The Balaban J connectivity index is 2.28. The summed E-state index contributed by atoms with van der Waals surface area (Å²) in [5, 5.41) is 2.92. The van der Waals surface area contributed by atoms with Crippen LogP contribution in [0, 0.1) is 5.41 Å². The summed E-state index contributed by atoms with van der Waals surface area (Å²) in [6, 6.07) is -0.726. The Labute approximate surface area is 121 Å². The molecule has 0 aromatic heterocycles. The van der Waals surface area contributed by atoms with Gasteiger partial charge in [0.05, 0.1) is 12.6 Å². The van der Waals surface area contributed by atoms with Gasteiger partial charge in [-0.1, -0.05) is 34.1 Å². The average Bonchev–Trinajstić information content (AvgIpc) is 2.86. The number of piperazine rings is 1. The smallest absolute Gasteiger partial charge is 0.246 e. The zero-order valence-corrected chi connectivity index (χ0v) is 12.9. The highest BCUT2D eigenvalue weighted by atomic mass is 16.5. The van der Waals surface area contributed by atoms with E-state index in [4.69, 9.17) is 4.74 Å². The monoisotopic (exact) mass is 282 g/mol. The molecule has 2 aliphatic rings. The predicted molar refractivity (Wildman–Crippen MR) is 76.2 cm³/mol. The number of carbonyl (C=O) groups excluding carboxylic acids is 2. The normalized spacial score (nSPS) is 31.6. The van der Waals surface area contributed by atoms with Crippen LogP contribution in [-0.2, 0) is 14.3 Å². The van der Waals surface area contributed by atoms with Crippen LogP contribution in [0.3, 0.4) is 0 Å². The summed E-state index contributed by atoms with van der Waals surface area (Å²) in [6.45, 7) is 9.22. The first-order valence-corrected chi connectivity index (χ1v) is 7.56. The molecule has 3 atom stereocenters. The second-order valence-corrected chi connectivity index (χ2v) is 6.88. The first kappa shape index (κ1) is 15.3. The molecule has 0 spiro atoms. The van der Waals surface area contributed by atoms with Crippen LogP contribution in [0.2, 0.25) is 0 Å². The van der Waals surface area contributed by atoms with Gasteiger partial charge in [-0.25, -0.2) is 0 Å². The lowest BCUT2D eigenvalue weighted by molar-refractivity contribution is -0.155. The van der Waals surface area contributed by atoms with Crippen molar-refractivity contribution < 1.29 is 14.3 Å². The van der Waals surface area contributed by atoms with E-state index < -0.39 is 6.04 Å². The number of rotatable bonds is 3. The molecule has 0 aromatic rings. The van der Waals surface area contributed by atoms with Gasteiger partial charge in [0.2, 0.25) is 11.8 Å². The molecule has 0 aromatic carbocycles. The lowest BCUT2D eigenvalue weighted by atomic mass is 9.83. The maximum atomic E-state index is 12.8. The van der Waals surface area contributed by atoms with Gasteiger partial charge >= 0.3 is 0 Å². The largest absolute Gasteiger partial charge is 0.379 e. The molecule has 2 aliphatic heterocycles. The van der Waals surface area contributed by atoms with Crippen LogP contribution in [0.1, 0.15) is 47.0 Å². The molecule has 0 aliphatic carbocycles. The van der Waals surface area contributed by atoms with E-state index in [1.165, 1.54) is 0 Å². The second kappa shape index (κ2) is 5.72. The summed E-state index contributed by atoms with van der Waals surface area (Å²) in [7, 11) is 0. The van der Waals surface area contributed by atoms with Crippen LogP contribution in [0.5, 0.6) is 0 Å². The quantitative estimate of drug-likeness (QED) is 0.849. The van der Waals surface area contributed by atoms with Crippen molar-refractivity contribution in [2.75, 3.05) is 13.2 Å². The SMILES string of the molecule is CCCC1C(=O)NC(C(C)(C)C)C(=O)N1C1CCOC1. The van der Waals surface area contributed by atoms with Crippen LogP contribution in [-0.4, -0.2) is 48.1 Å². The van der Waals surface area contributed by atoms with Crippen molar-refractivity contribution in [2.24, 2.45) is 5.41 Å². The molecule has 0 bridgehead atoms. The van der Waals surface area contributed by atoms with Gasteiger partial charge in [0, 0.05) is 6.61 Å². The Bertz CT molecular complexity index is 383. The molecule has 0 saturated carbocycles. The molecule has 2 saturated heterocycles. The number of nitrogens with zero attached hydrogens (tertiary/aromatic N) is 1. The van der Waals surface area contributed by atoms with Crippen LogP contribution in [0.25, 0.3) is 0 Å². The van der Waals surface area contributed by atoms with Gasteiger partial charge in [0.1, 0.15) is 12.1 Å². The van der Waals surface area contributed by atoms with E-state index in [0.717, 1.165) is 12.8 Å². The van der Waals surface area contributed by atoms with Gasteiger partial charge in [-0.15, -0.1) is 0 Å². The second-order valence-electron chi connectivity index (χ2n) is 6.88. The molecular weight excluding hydrogens is 256 g/mol. The average molecular weight is 282 g/mol. The lowest BCUT2D eigenvalue weighted by Gasteiger charge is -2.45. The first-order chi connectivity index (χ1) is 9.36. The summed E-state index contributed by atoms with van der Waals surface area (Å²) in [6.07, 6.45) is 2.43. The number of hydrogen-bond acceptors (Lipinski definition) is 3. The molecule has 2 fully saturated rings. The molecule has 5 heteroatoms.